The van der Waals surface area contributed by atoms with Crippen LogP contribution in [0.3, 0.4) is 0 Å². The van der Waals surface area contributed by atoms with Gasteiger partial charge in [-0.1, -0.05) is 13.8 Å². The molecule has 25 heavy (non-hydrogen) atoms. The van der Waals surface area contributed by atoms with Gasteiger partial charge in [-0.3, -0.25) is 0 Å². The Kier molecular flexibility index (Phi) is 10.3. The molecule has 1 aliphatic heterocycles. The average molecular weight is 479 g/mol. The summed E-state index contributed by atoms with van der Waals surface area (Å²) in [6, 6.07) is 0. The number of thiazole rings is 1. The molecule has 0 saturated carbocycles. The van der Waals surface area contributed by atoms with Crippen molar-refractivity contribution in [2.45, 2.75) is 47.6 Å². The molecule has 1 unspecified atom stereocenters. The first-order chi connectivity index (χ1) is 11.6. The zero-order chi connectivity index (χ0) is 17.5. The second kappa shape index (κ2) is 11.3. The molecule has 0 spiro atoms. The van der Waals surface area contributed by atoms with Crippen LogP contribution in [-0.4, -0.2) is 60.0 Å². The molecule has 1 aromatic rings. The molecule has 5 nitrogen and oxygen atoms in total. The SMILES string of the molecule is CCNC(=NCc1nc(C)c(C)s1)N1CCC(CN(CC)CC)C1.I. The van der Waals surface area contributed by atoms with Crippen LogP contribution in [0.2, 0.25) is 0 Å². The van der Waals surface area contributed by atoms with Gasteiger partial charge in [0, 0.05) is 31.1 Å². The number of rotatable bonds is 7. The topological polar surface area (TPSA) is 43.8 Å². The number of aliphatic imine (C=N–C) groups is 1. The summed E-state index contributed by atoms with van der Waals surface area (Å²) in [7, 11) is 0. The number of halogens is 1. The van der Waals surface area contributed by atoms with Gasteiger partial charge >= 0.3 is 0 Å². The molecule has 2 rings (SSSR count). The number of aromatic nitrogens is 1. The van der Waals surface area contributed by atoms with Crippen molar-refractivity contribution in [3.05, 3.63) is 15.6 Å². The minimum absolute atomic E-state index is 0. The van der Waals surface area contributed by atoms with Crippen molar-refractivity contribution in [3.8, 4) is 0 Å². The van der Waals surface area contributed by atoms with Gasteiger partial charge in [-0.05, 0) is 46.2 Å². The van der Waals surface area contributed by atoms with E-state index in [2.05, 4.69) is 54.7 Å². The highest BCUT2D eigenvalue weighted by atomic mass is 127. The summed E-state index contributed by atoms with van der Waals surface area (Å²) in [6.07, 6.45) is 1.26. The van der Waals surface area contributed by atoms with Gasteiger partial charge in [-0.25, -0.2) is 9.98 Å². The molecule has 0 bridgehead atoms. The molecule has 2 heterocycles. The maximum absolute atomic E-state index is 4.84. The van der Waals surface area contributed by atoms with Crippen LogP contribution >= 0.6 is 35.3 Å². The Morgan fingerprint density at radius 1 is 1.32 bits per heavy atom. The number of hydrogen-bond donors (Lipinski definition) is 1. The van der Waals surface area contributed by atoms with E-state index in [0.717, 1.165) is 55.3 Å². The normalized spacial score (nSPS) is 17.9. The molecule has 0 aliphatic carbocycles. The van der Waals surface area contributed by atoms with E-state index in [-0.39, 0.29) is 24.0 Å². The van der Waals surface area contributed by atoms with E-state index in [1.54, 1.807) is 11.3 Å². The van der Waals surface area contributed by atoms with E-state index in [1.165, 1.54) is 17.8 Å². The second-order valence-corrected chi connectivity index (χ2v) is 7.79. The van der Waals surface area contributed by atoms with Crippen LogP contribution in [0, 0.1) is 19.8 Å². The highest BCUT2D eigenvalue weighted by Gasteiger charge is 2.25. The van der Waals surface area contributed by atoms with Gasteiger partial charge in [0.15, 0.2) is 5.96 Å². The fourth-order valence-electron chi connectivity index (χ4n) is 3.20. The largest absolute Gasteiger partial charge is 0.357 e. The summed E-state index contributed by atoms with van der Waals surface area (Å²) in [6.45, 7) is 18.1. The van der Waals surface area contributed by atoms with Crippen molar-refractivity contribution >= 4 is 41.3 Å². The summed E-state index contributed by atoms with van der Waals surface area (Å²) in [4.78, 5) is 15.7. The molecule has 1 aliphatic rings. The smallest absolute Gasteiger partial charge is 0.194 e. The number of guanidine groups is 1. The Morgan fingerprint density at radius 2 is 2.04 bits per heavy atom. The predicted molar refractivity (Wildman–Crippen MR) is 119 cm³/mol. The first-order valence-electron chi connectivity index (χ1n) is 9.25. The molecule has 1 saturated heterocycles. The van der Waals surface area contributed by atoms with E-state index in [1.807, 2.05) is 0 Å². The molecule has 0 amide bonds. The first-order valence-corrected chi connectivity index (χ1v) is 10.1. The van der Waals surface area contributed by atoms with Gasteiger partial charge in [0.25, 0.3) is 0 Å². The van der Waals surface area contributed by atoms with Gasteiger partial charge < -0.3 is 15.1 Å². The van der Waals surface area contributed by atoms with Crippen molar-refractivity contribution in [2.24, 2.45) is 10.9 Å². The molecule has 1 atom stereocenters. The number of aryl methyl sites for hydroxylation is 2. The zero-order valence-electron chi connectivity index (χ0n) is 16.3. The zero-order valence-corrected chi connectivity index (χ0v) is 19.5. The molecule has 0 aromatic carbocycles. The third-order valence-electron chi connectivity index (χ3n) is 4.77. The quantitative estimate of drug-likeness (QED) is 0.370. The molecule has 144 valence electrons. The van der Waals surface area contributed by atoms with Gasteiger partial charge in [0.2, 0.25) is 0 Å². The van der Waals surface area contributed by atoms with E-state index >= 15 is 0 Å². The first kappa shape index (κ1) is 22.6. The maximum atomic E-state index is 4.84. The van der Waals surface area contributed by atoms with E-state index in [4.69, 9.17) is 4.99 Å². The second-order valence-electron chi connectivity index (χ2n) is 6.51. The van der Waals surface area contributed by atoms with Gasteiger partial charge in [0.1, 0.15) is 5.01 Å². The third-order valence-corrected chi connectivity index (χ3v) is 5.83. The molecule has 0 radical (unpaired) electrons. The number of hydrogen-bond acceptors (Lipinski definition) is 4. The van der Waals surface area contributed by atoms with Gasteiger partial charge in [0.05, 0.1) is 12.2 Å². The summed E-state index contributed by atoms with van der Waals surface area (Å²) in [5, 5.41) is 4.57. The number of likely N-dealkylation sites (tertiary alicyclic amines) is 1. The molecule has 1 fully saturated rings. The van der Waals surface area contributed by atoms with Crippen molar-refractivity contribution in [1.82, 2.24) is 20.1 Å². The Morgan fingerprint density at radius 3 is 2.60 bits per heavy atom. The van der Waals surface area contributed by atoms with Crippen molar-refractivity contribution in [2.75, 3.05) is 39.3 Å². The average Bonchev–Trinajstić information content (AvgIpc) is 3.16. The standard InChI is InChI=1S/C18H33N5S.HI/c1-6-19-18(20-11-17-21-14(4)15(5)24-17)23-10-9-16(13-23)12-22(7-2)8-3;/h16H,6-13H2,1-5H3,(H,19,20);1H. The summed E-state index contributed by atoms with van der Waals surface area (Å²) in [5.74, 6) is 1.79. The fourth-order valence-corrected chi connectivity index (χ4v) is 4.05. The van der Waals surface area contributed by atoms with Gasteiger partial charge in [-0.2, -0.15) is 0 Å². The summed E-state index contributed by atoms with van der Waals surface area (Å²) >= 11 is 1.76. The van der Waals surface area contributed by atoms with Crippen molar-refractivity contribution in [3.63, 3.8) is 0 Å². The molecule has 1 aromatic heterocycles. The highest BCUT2D eigenvalue weighted by Crippen LogP contribution is 2.19. The van der Waals surface area contributed by atoms with Crippen molar-refractivity contribution < 1.29 is 0 Å². The van der Waals surface area contributed by atoms with Crippen LogP contribution in [0.5, 0.6) is 0 Å². The molecule has 1 N–H and O–H groups in total. The van der Waals surface area contributed by atoms with Crippen LogP contribution < -0.4 is 5.32 Å². The molecule has 7 heteroatoms. The van der Waals surface area contributed by atoms with E-state index in [0.29, 0.717) is 6.54 Å². The van der Waals surface area contributed by atoms with E-state index in [9.17, 15) is 0 Å². The van der Waals surface area contributed by atoms with Crippen LogP contribution in [0.1, 0.15) is 42.8 Å². The van der Waals surface area contributed by atoms with Gasteiger partial charge in [-0.15, -0.1) is 35.3 Å². The summed E-state index contributed by atoms with van der Waals surface area (Å²) < 4.78 is 0. The lowest BCUT2D eigenvalue weighted by atomic mass is 10.1. The monoisotopic (exact) mass is 479 g/mol. The Bertz CT molecular complexity index is 522. The maximum Gasteiger partial charge on any atom is 0.194 e. The van der Waals surface area contributed by atoms with E-state index < -0.39 is 0 Å². The molecular weight excluding hydrogens is 445 g/mol. The summed E-state index contributed by atoms with van der Waals surface area (Å²) in [5.41, 5.74) is 1.13. The Balaban J connectivity index is 0.00000312. The number of nitrogens with zero attached hydrogens (tertiary/aromatic N) is 4. The molecular formula is C18H34IN5S. The predicted octanol–water partition coefficient (Wildman–Crippen LogP) is 3.51. The van der Waals surface area contributed by atoms with Crippen molar-refractivity contribution in [1.29, 1.82) is 0 Å². The Labute approximate surface area is 174 Å². The fraction of sp³-hybridized carbons (Fsp3) is 0.778. The minimum atomic E-state index is 0. The highest BCUT2D eigenvalue weighted by molar-refractivity contribution is 14.0. The lowest BCUT2D eigenvalue weighted by Gasteiger charge is -2.24. The van der Waals surface area contributed by atoms with Crippen LogP contribution in [0.25, 0.3) is 0 Å². The minimum Gasteiger partial charge on any atom is -0.357 e. The van der Waals surface area contributed by atoms with Crippen LogP contribution in [-0.2, 0) is 6.54 Å². The van der Waals surface area contributed by atoms with Crippen LogP contribution in [0.4, 0.5) is 0 Å². The lowest BCUT2D eigenvalue weighted by molar-refractivity contribution is 0.255. The third kappa shape index (κ3) is 6.67. The lowest BCUT2D eigenvalue weighted by Crippen LogP contribution is -2.40. The van der Waals surface area contributed by atoms with Crippen LogP contribution in [0.15, 0.2) is 4.99 Å². The Hall–Kier alpha value is -0.410. The number of nitrogens with one attached hydrogen (secondary N) is 1.